The Morgan fingerprint density at radius 2 is 2.30 bits per heavy atom. The number of aromatic nitrogens is 2. The lowest BCUT2D eigenvalue weighted by molar-refractivity contribution is 0.102. The van der Waals surface area contributed by atoms with E-state index in [1.807, 2.05) is 12.1 Å². The molecule has 4 heteroatoms. The highest BCUT2D eigenvalue weighted by atomic mass is 16.5. The minimum Gasteiger partial charge on any atom is -0.399 e. The molecule has 2 N–H and O–H groups in total. The SMILES string of the molecule is CCCc1nc2cc(N)ccc2n1CC1CCOC1C. The van der Waals surface area contributed by atoms with Gasteiger partial charge >= 0.3 is 0 Å². The van der Waals surface area contributed by atoms with Crippen molar-refractivity contribution < 1.29 is 4.74 Å². The number of rotatable bonds is 4. The number of nitrogens with zero attached hydrogens (tertiary/aromatic N) is 2. The summed E-state index contributed by atoms with van der Waals surface area (Å²) in [5.74, 6) is 1.76. The first-order valence-electron chi connectivity index (χ1n) is 7.55. The lowest BCUT2D eigenvalue weighted by atomic mass is 10.0. The summed E-state index contributed by atoms with van der Waals surface area (Å²) in [5, 5.41) is 0. The molecule has 20 heavy (non-hydrogen) atoms. The first-order valence-corrected chi connectivity index (χ1v) is 7.55. The maximum Gasteiger partial charge on any atom is 0.109 e. The molecule has 2 heterocycles. The first kappa shape index (κ1) is 13.4. The molecule has 0 aliphatic carbocycles. The van der Waals surface area contributed by atoms with Gasteiger partial charge in [-0.2, -0.15) is 0 Å². The fourth-order valence-electron chi connectivity index (χ4n) is 3.07. The molecule has 2 atom stereocenters. The van der Waals surface area contributed by atoms with Gasteiger partial charge in [0, 0.05) is 31.2 Å². The number of aryl methyl sites for hydroxylation is 1. The van der Waals surface area contributed by atoms with Crippen LogP contribution in [-0.2, 0) is 17.7 Å². The van der Waals surface area contributed by atoms with Crippen molar-refractivity contribution in [3.63, 3.8) is 0 Å². The quantitative estimate of drug-likeness (QED) is 0.871. The summed E-state index contributed by atoms with van der Waals surface area (Å²) in [6, 6.07) is 6.03. The molecule has 1 aliphatic rings. The molecule has 0 saturated carbocycles. The van der Waals surface area contributed by atoms with E-state index in [-0.39, 0.29) is 0 Å². The van der Waals surface area contributed by atoms with Gasteiger partial charge in [0.1, 0.15) is 5.82 Å². The molecule has 1 saturated heterocycles. The van der Waals surface area contributed by atoms with E-state index in [2.05, 4.69) is 24.5 Å². The Kier molecular flexibility index (Phi) is 3.66. The normalized spacial score (nSPS) is 22.7. The lowest BCUT2D eigenvalue weighted by Gasteiger charge is -2.17. The smallest absolute Gasteiger partial charge is 0.109 e. The zero-order chi connectivity index (χ0) is 14.1. The summed E-state index contributed by atoms with van der Waals surface area (Å²) >= 11 is 0. The third kappa shape index (κ3) is 2.40. The molecular formula is C16H23N3O. The van der Waals surface area contributed by atoms with E-state index in [1.54, 1.807) is 0 Å². The van der Waals surface area contributed by atoms with Crippen molar-refractivity contribution in [1.29, 1.82) is 0 Å². The zero-order valence-electron chi connectivity index (χ0n) is 12.3. The summed E-state index contributed by atoms with van der Waals surface area (Å²) in [4.78, 5) is 4.77. The third-order valence-electron chi connectivity index (χ3n) is 4.28. The highest BCUT2D eigenvalue weighted by Gasteiger charge is 2.26. The van der Waals surface area contributed by atoms with E-state index in [0.29, 0.717) is 12.0 Å². The van der Waals surface area contributed by atoms with E-state index in [9.17, 15) is 0 Å². The Morgan fingerprint density at radius 3 is 3.00 bits per heavy atom. The van der Waals surface area contributed by atoms with Gasteiger partial charge in [0.2, 0.25) is 0 Å². The number of nitrogen functional groups attached to an aromatic ring is 1. The predicted molar refractivity (Wildman–Crippen MR) is 81.7 cm³/mol. The van der Waals surface area contributed by atoms with Gasteiger partial charge in [-0.1, -0.05) is 6.92 Å². The van der Waals surface area contributed by atoms with E-state index in [4.69, 9.17) is 15.5 Å². The van der Waals surface area contributed by atoms with Crippen molar-refractivity contribution in [1.82, 2.24) is 9.55 Å². The van der Waals surface area contributed by atoms with E-state index < -0.39 is 0 Å². The fourth-order valence-corrected chi connectivity index (χ4v) is 3.07. The topological polar surface area (TPSA) is 53.1 Å². The number of anilines is 1. The van der Waals surface area contributed by atoms with Gasteiger partial charge in [0.15, 0.2) is 0 Å². The molecule has 0 spiro atoms. The van der Waals surface area contributed by atoms with Crippen molar-refractivity contribution >= 4 is 16.7 Å². The third-order valence-corrected chi connectivity index (χ3v) is 4.28. The average Bonchev–Trinajstić information content (AvgIpc) is 2.96. The van der Waals surface area contributed by atoms with Crippen LogP contribution in [0, 0.1) is 5.92 Å². The highest BCUT2D eigenvalue weighted by Crippen LogP contribution is 2.26. The van der Waals surface area contributed by atoms with E-state index >= 15 is 0 Å². The van der Waals surface area contributed by atoms with Gasteiger partial charge in [-0.15, -0.1) is 0 Å². The molecule has 2 aromatic rings. The summed E-state index contributed by atoms with van der Waals surface area (Å²) < 4.78 is 8.06. The van der Waals surface area contributed by atoms with Crippen LogP contribution in [0.2, 0.25) is 0 Å². The lowest BCUT2D eigenvalue weighted by Crippen LogP contribution is -2.19. The molecule has 3 rings (SSSR count). The van der Waals surface area contributed by atoms with Crippen LogP contribution in [0.3, 0.4) is 0 Å². The molecule has 1 aromatic carbocycles. The van der Waals surface area contributed by atoms with Crippen molar-refractivity contribution in [3.8, 4) is 0 Å². The molecule has 2 unspecified atom stereocenters. The summed E-state index contributed by atoms with van der Waals surface area (Å²) in [6.07, 6.45) is 3.60. The van der Waals surface area contributed by atoms with E-state index in [1.165, 1.54) is 11.3 Å². The summed E-state index contributed by atoms with van der Waals surface area (Å²) in [5.41, 5.74) is 8.86. The molecule has 0 radical (unpaired) electrons. The van der Waals surface area contributed by atoms with Crippen LogP contribution < -0.4 is 5.73 Å². The number of ether oxygens (including phenoxy) is 1. The molecule has 1 aromatic heterocycles. The number of hydrogen-bond donors (Lipinski definition) is 1. The van der Waals surface area contributed by atoms with E-state index in [0.717, 1.165) is 43.6 Å². The van der Waals surface area contributed by atoms with Crippen molar-refractivity contribution in [2.24, 2.45) is 5.92 Å². The highest BCUT2D eigenvalue weighted by molar-refractivity contribution is 5.79. The fraction of sp³-hybridized carbons (Fsp3) is 0.562. The van der Waals surface area contributed by atoms with Crippen molar-refractivity contribution in [3.05, 3.63) is 24.0 Å². The average molecular weight is 273 g/mol. The second-order valence-electron chi connectivity index (χ2n) is 5.76. The predicted octanol–water partition coefficient (Wildman–Crippen LogP) is 3.00. The Morgan fingerprint density at radius 1 is 1.45 bits per heavy atom. The molecule has 1 fully saturated rings. The van der Waals surface area contributed by atoms with Crippen LogP contribution in [0.5, 0.6) is 0 Å². The minimum absolute atomic E-state index is 0.343. The second-order valence-corrected chi connectivity index (χ2v) is 5.76. The Hall–Kier alpha value is -1.55. The molecule has 108 valence electrons. The van der Waals surface area contributed by atoms with Crippen LogP contribution in [0.1, 0.15) is 32.5 Å². The molecule has 4 nitrogen and oxygen atoms in total. The minimum atomic E-state index is 0.343. The van der Waals surface area contributed by atoms with Gasteiger partial charge in [0.25, 0.3) is 0 Å². The molecule has 1 aliphatic heterocycles. The van der Waals surface area contributed by atoms with Crippen molar-refractivity contribution in [2.75, 3.05) is 12.3 Å². The molecule has 0 amide bonds. The van der Waals surface area contributed by atoms with Crippen LogP contribution in [0.25, 0.3) is 11.0 Å². The van der Waals surface area contributed by atoms with Crippen LogP contribution >= 0.6 is 0 Å². The van der Waals surface area contributed by atoms with Crippen molar-refractivity contribution in [2.45, 2.75) is 45.8 Å². The van der Waals surface area contributed by atoms with Gasteiger partial charge in [0.05, 0.1) is 17.1 Å². The van der Waals surface area contributed by atoms with Crippen LogP contribution in [0.4, 0.5) is 5.69 Å². The summed E-state index contributed by atoms with van der Waals surface area (Å²) in [7, 11) is 0. The largest absolute Gasteiger partial charge is 0.399 e. The van der Waals surface area contributed by atoms with Gasteiger partial charge in [-0.3, -0.25) is 0 Å². The Labute approximate surface area is 119 Å². The van der Waals surface area contributed by atoms with Gasteiger partial charge in [-0.25, -0.2) is 4.98 Å². The first-order chi connectivity index (χ1) is 9.69. The zero-order valence-corrected chi connectivity index (χ0v) is 12.3. The number of fused-ring (bicyclic) bond motifs is 1. The maximum absolute atomic E-state index is 5.87. The monoisotopic (exact) mass is 273 g/mol. The maximum atomic E-state index is 5.87. The van der Waals surface area contributed by atoms with Gasteiger partial charge < -0.3 is 15.0 Å². The molecule has 0 bridgehead atoms. The number of benzene rings is 1. The summed E-state index contributed by atoms with van der Waals surface area (Å²) in [6.45, 7) is 6.25. The number of imidazole rings is 1. The number of hydrogen-bond acceptors (Lipinski definition) is 3. The standard InChI is InChI=1S/C16H23N3O/c1-3-4-16-18-14-9-13(17)5-6-15(14)19(16)10-12-7-8-20-11(12)2/h5-6,9,11-12H,3-4,7-8,10,17H2,1-2H3. The Bertz CT molecular complexity index is 605. The van der Waals surface area contributed by atoms with Crippen LogP contribution in [-0.4, -0.2) is 22.3 Å². The van der Waals surface area contributed by atoms with Crippen LogP contribution in [0.15, 0.2) is 18.2 Å². The number of nitrogens with two attached hydrogens (primary N) is 1. The Balaban J connectivity index is 1.99. The van der Waals surface area contributed by atoms with Gasteiger partial charge in [-0.05, 0) is 38.0 Å². The second kappa shape index (κ2) is 5.44. The molecular weight excluding hydrogens is 250 g/mol.